The maximum atomic E-state index is 14.6. The van der Waals surface area contributed by atoms with Gasteiger partial charge >= 0.3 is 0 Å². The van der Waals surface area contributed by atoms with Crippen molar-refractivity contribution in [3.05, 3.63) is 111 Å². The molecule has 0 saturated carbocycles. The maximum Gasteiger partial charge on any atom is 0.238 e. The highest BCUT2D eigenvalue weighted by atomic mass is 33.1. The van der Waals surface area contributed by atoms with Crippen molar-refractivity contribution in [3.63, 3.8) is 0 Å². The summed E-state index contributed by atoms with van der Waals surface area (Å²) in [4.78, 5) is 14.6. The first-order chi connectivity index (χ1) is 27.0. The third kappa shape index (κ3) is 6.16. The maximum absolute atomic E-state index is 14.6. The van der Waals surface area contributed by atoms with Gasteiger partial charge in [-0.05, 0) is 100 Å². The van der Waals surface area contributed by atoms with Crippen molar-refractivity contribution in [2.24, 2.45) is 5.92 Å². The van der Waals surface area contributed by atoms with Gasteiger partial charge in [-0.1, -0.05) is 77.9 Å². The van der Waals surface area contributed by atoms with Crippen LogP contribution in [0.3, 0.4) is 0 Å². The predicted molar refractivity (Wildman–Crippen MR) is 221 cm³/mol. The molecule has 0 radical (unpaired) electrons. The lowest BCUT2D eigenvalue weighted by atomic mass is 9.72. The van der Waals surface area contributed by atoms with Crippen LogP contribution in [0.25, 0.3) is 44.2 Å². The van der Waals surface area contributed by atoms with Crippen molar-refractivity contribution in [1.29, 1.82) is 0 Å². The zero-order valence-corrected chi connectivity index (χ0v) is 32.5. The minimum Gasteiger partial charge on any atom is -0.508 e. The Morgan fingerprint density at radius 1 is 0.893 bits per heavy atom. The molecule has 1 aromatic heterocycles. The molecule has 1 fully saturated rings. The molecule has 6 N–H and O–H groups in total. The predicted octanol–water partition coefficient (Wildman–Crippen LogP) is 9.08. The van der Waals surface area contributed by atoms with E-state index in [1.807, 2.05) is 50.2 Å². The van der Waals surface area contributed by atoms with Crippen molar-refractivity contribution in [2.75, 3.05) is 5.75 Å². The molecule has 11 heteroatoms. The SMILES string of the molecule is CC(C)Cc1cc(-c2oc3cc(O)c4c(c3c(=O)c2O)O[C@@H]2C[C@H]3c5c-4ccc4cccc(c54)[C@@H](SSCCC[C@H]2O)[C@H]3O)cc(Cc2cccc(O)c2)c1O. The summed E-state index contributed by atoms with van der Waals surface area (Å²) in [6.07, 6.45) is -0.485. The van der Waals surface area contributed by atoms with Crippen molar-refractivity contribution >= 4 is 43.3 Å². The van der Waals surface area contributed by atoms with Crippen molar-refractivity contribution in [1.82, 2.24) is 0 Å². The monoisotopic (exact) mass is 790 g/mol. The van der Waals surface area contributed by atoms with E-state index >= 15 is 0 Å². The normalized spacial score (nSPS) is 21.8. The van der Waals surface area contributed by atoms with E-state index in [4.69, 9.17) is 9.15 Å². The number of benzene rings is 5. The number of phenols is 3. The van der Waals surface area contributed by atoms with E-state index in [2.05, 4.69) is 0 Å². The molecule has 5 aromatic carbocycles. The van der Waals surface area contributed by atoms with Gasteiger partial charge < -0.3 is 39.8 Å². The quantitative estimate of drug-likeness (QED) is 0.0925. The average molecular weight is 791 g/mol. The lowest BCUT2D eigenvalue weighted by Crippen LogP contribution is -2.39. The molecule has 0 spiro atoms. The van der Waals surface area contributed by atoms with Gasteiger partial charge in [0.1, 0.15) is 40.1 Å². The summed E-state index contributed by atoms with van der Waals surface area (Å²) in [5, 5.41) is 70.7. The molecule has 2 aliphatic heterocycles. The molecule has 0 unspecified atom stereocenters. The fraction of sp³-hybridized carbons (Fsp3) is 0.311. The number of aromatic hydroxyl groups is 4. The minimum atomic E-state index is -0.950. The summed E-state index contributed by atoms with van der Waals surface area (Å²) in [6, 6.07) is 21.4. The molecule has 1 aliphatic carbocycles. The average Bonchev–Trinajstić information content (AvgIpc) is 3.17. The van der Waals surface area contributed by atoms with E-state index in [1.54, 1.807) is 51.9 Å². The van der Waals surface area contributed by atoms with Crippen LogP contribution in [-0.2, 0) is 12.8 Å². The van der Waals surface area contributed by atoms with Crippen LogP contribution in [0.1, 0.15) is 72.1 Å². The summed E-state index contributed by atoms with van der Waals surface area (Å²) in [6.45, 7) is 4.04. The summed E-state index contributed by atoms with van der Waals surface area (Å²) in [5.74, 6) is -0.390. The van der Waals surface area contributed by atoms with Crippen LogP contribution >= 0.6 is 21.6 Å². The third-order valence-corrected chi connectivity index (χ3v) is 14.3. The number of hydrogen-bond donors (Lipinski definition) is 6. The Kier molecular flexibility index (Phi) is 9.39. The summed E-state index contributed by atoms with van der Waals surface area (Å²) < 4.78 is 13.1. The molecule has 3 bridgehead atoms. The van der Waals surface area contributed by atoms with Crippen molar-refractivity contribution in [2.45, 2.75) is 75.4 Å². The second-order valence-corrected chi connectivity index (χ2v) is 18.3. The molecule has 3 aliphatic rings. The molecule has 6 aromatic rings. The summed E-state index contributed by atoms with van der Waals surface area (Å²) in [7, 11) is 3.33. The van der Waals surface area contributed by atoms with E-state index in [-0.39, 0.29) is 69.3 Å². The molecule has 9 nitrogen and oxygen atoms in total. The molecule has 3 heterocycles. The molecular weight excluding hydrogens is 749 g/mol. The van der Waals surface area contributed by atoms with Gasteiger partial charge in [-0.25, -0.2) is 0 Å². The van der Waals surface area contributed by atoms with Crippen LogP contribution in [0.15, 0.2) is 82.0 Å². The second-order valence-electron chi connectivity index (χ2n) is 15.7. The molecule has 5 atom stereocenters. The molecule has 56 heavy (non-hydrogen) atoms. The number of phenolic OH excluding ortho intramolecular Hbond substituents is 3. The number of hydrogen-bond acceptors (Lipinski definition) is 11. The van der Waals surface area contributed by atoms with Gasteiger partial charge in [0.05, 0.1) is 23.0 Å². The van der Waals surface area contributed by atoms with E-state index in [0.717, 1.165) is 33.2 Å². The van der Waals surface area contributed by atoms with Crippen LogP contribution in [0.5, 0.6) is 28.7 Å². The largest absolute Gasteiger partial charge is 0.508 e. The van der Waals surface area contributed by atoms with Crippen molar-refractivity contribution in [3.8, 4) is 51.2 Å². The van der Waals surface area contributed by atoms with Crippen LogP contribution in [0.4, 0.5) is 0 Å². The first-order valence-electron chi connectivity index (χ1n) is 19.0. The topological polar surface area (TPSA) is 161 Å². The van der Waals surface area contributed by atoms with Crippen LogP contribution in [-0.4, -0.2) is 54.7 Å². The van der Waals surface area contributed by atoms with E-state index < -0.39 is 35.4 Å². The standard InChI is InChI=1S/C45H42O9S2/c1-21(2)14-24-17-26(18-25(39(24)49)15-22-6-3-8-27(46)16-22)43-42(52)41(51)38-34(54-43)20-32(48)37-28-12-11-23-7-4-9-29-35(23)36(28)30-19-33(53-44(37)38)31(47)10-5-13-55-56-45(29)40(30)50/h3-4,6-9,11-12,16-18,20-21,30-31,33,40,45-50,52H,5,10,13-15,19H2,1-2H3/t30-,31+,33+,40-,45+/m0/s1. The number of aliphatic hydroxyl groups is 2. The van der Waals surface area contributed by atoms with Gasteiger partial charge in [-0.15, -0.1) is 0 Å². The number of fused-ring (bicyclic) bond motifs is 7. The Morgan fingerprint density at radius 3 is 2.50 bits per heavy atom. The minimum absolute atomic E-state index is 0.00260. The first kappa shape index (κ1) is 36.8. The zero-order valence-electron chi connectivity index (χ0n) is 30.9. The number of aliphatic hydroxyl groups excluding tert-OH is 2. The third-order valence-electron chi connectivity index (χ3n) is 11.4. The van der Waals surface area contributed by atoms with Crippen molar-refractivity contribution < 1.29 is 39.8 Å². The Bertz CT molecular complexity index is 2600. The van der Waals surface area contributed by atoms with E-state index in [0.29, 0.717) is 41.5 Å². The highest BCUT2D eigenvalue weighted by Crippen LogP contribution is 2.58. The Labute approximate surface area is 331 Å². The summed E-state index contributed by atoms with van der Waals surface area (Å²) >= 11 is 0. The van der Waals surface area contributed by atoms with Gasteiger partial charge in [-0.3, -0.25) is 4.79 Å². The fourth-order valence-electron chi connectivity index (χ4n) is 8.93. The van der Waals surface area contributed by atoms with Crippen LogP contribution in [0, 0.1) is 5.92 Å². The van der Waals surface area contributed by atoms with Gasteiger partial charge in [-0.2, -0.15) is 0 Å². The van der Waals surface area contributed by atoms with Crippen LogP contribution < -0.4 is 10.2 Å². The Hall–Kier alpha value is -4.81. The lowest BCUT2D eigenvalue weighted by Gasteiger charge is -2.41. The molecule has 1 saturated heterocycles. The van der Waals surface area contributed by atoms with Gasteiger partial charge in [0.15, 0.2) is 5.76 Å². The van der Waals surface area contributed by atoms with Crippen LogP contribution in [0.2, 0.25) is 0 Å². The van der Waals surface area contributed by atoms with Gasteiger partial charge in [0, 0.05) is 29.7 Å². The molecular formula is C45H42O9S2. The molecule has 0 amide bonds. The zero-order chi connectivity index (χ0) is 39.0. The van der Waals surface area contributed by atoms with E-state index in [1.165, 1.54) is 6.07 Å². The highest BCUT2D eigenvalue weighted by Gasteiger charge is 2.44. The van der Waals surface area contributed by atoms with E-state index in [9.17, 15) is 35.4 Å². The number of ether oxygens (including phenoxy) is 1. The first-order valence-corrected chi connectivity index (χ1v) is 21.4. The van der Waals surface area contributed by atoms with Gasteiger partial charge in [0.25, 0.3) is 0 Å². The number of rotatable bonds is 5. The Morgan fingerprint density at radius 2 is 1.70 bits per heavy atom. The second kappa shape index (κ2) is 14.3. The summed E-state index contributed by atoms with van der Waals surface area (Å²) in [5.41, 5.74) is 4.05. The van der Waals surface area contributed by atoms with Gasteiger partial charge in [0.2, 0.25) is 11.2 Å². The Balaban J connectivity index is 1.29. The molecule has 288 valence electrons. The highest BCUT2D eigenvalue weighted by molar-refractivity contribution is 8.76. The fourth-order valence-corrected chi connectivity index (χ4v) is 11.8. The molecule has 9 rings (SSSR count). The lowest BCUT2D eigenvalue weighted by molar-refractivity contribution is 0.00976. The smallest absolute Gasteiger partial charge is 0.238 e.